The first-order valence-corrected chi connectivity index (χ1v) is 5.14. The molecule has 2 heteroatoms. The first-order chi connectivity index (χ1) is 7.13. The number of aliphatic carboxylic acids is 1. The number of benzene rings is 1. The Morgan fingerprint density at radius 1 is 1.53 bits per heavy atom. The van der Waals surface area contributed by atoms with Crippen LogP contribution in [0.2, 0.25) is 0 Å². The van der Waals surface area contributed by atoms with Crippen molar-refractivity contribution < 1.29 is 9.90 Å². The minimum absolute atomic E-state index is 0.517. The number of carboxylic acids is 1. The molecule has 0 heterocycles. The summed E-state index contributed by atoms with van der Waals surface area (Å²) < 4.78 is 0. The van der Waals surface area contributed by atoms with Gasteiger partial charge in [-0.05, 0) is 29.5 Å². The van der Waals surface area contributed by atoms with Gasteiger partial charge in [0.25, 0.3) is 0 Å². The van der Waals surface area contributed by atoms with Gasteiger partial charge in [-0.1, -0.05) is 38.1 Å². The van der Waals surface area contributed by atoms with Crippen LogP contribution in [-0.2, 0) is 4.79 Å². The maximum Gasteiger partial charge on any atom is 0.328 e. The summed E-state index contributed by atoms with van der Waals surface area (Å²) in [7, 11) is 0. The number of rotatable bonds is 4. The van der Waals surface area contributed by atoms with E-state index in [1.54, 1.807) is 6.08 Å². The predicted octanol–water partition coefficient (Wildman–Crippen LogP) is 3.30. The molecule has 80 valence electrons. The molecule has 0 aliphatic carbocycles. The minimum Gasteiger partial charge on any atom is -0.478 e. The first-order valence-electron chi connectivity index (χ1n) is 5.14. The second-order valence-corrected chi connectivity index (χ2v) is 3.65. The van der Waals surface area contributed by atoms with Crippen molar-refractivity contribution in [1.82, 2.24) is 0 Å². The Labute approximate surface area is 90.3 Å². The second-order valence-electron chi connectivity index (χ2n) is 3.65. The molecule has 0 fully saturated rings. The van der Waals surface area contributed by atoms with Crippen LogP contribution in [0.4, 0.5) is 0 Å². The molecule has 0 aliphatic rings. The Morgan fingerprint density at radius 3 is 2.87 bits per heavy atom. The van der Waals surface area contributed by atoms with Crippen molar-refractivity contribution in [3.63, 3.8) is 0 Å². The summed E-state index contributed by atoms with van der Waals surface area (Å²) in [5.41, 5.74) is 2.19. The van der Waals surface area contributed by atoms with Crippen LogP contribution >= 0.6 is 0 Å². The monoisotopic (exact) mass is 204 g/mol. The van der Waals surface area contributed by atoms with Crippen molar-refractivity contribution >= 4 is 12.0 Å². The smallest absolute Gasteiger partial charge is 0.328 e. The van der Waals surface area contributed by atoms with Gasteiger partial charge in [0.1, 0.15) is 0 Å². The lowest BCUT2D eigenvalue weighted by Crippen LogP contribution is -1.91. The molecular weight excluding hydrogens is 188 g/mol. The van der Waals surface area contributed by atoms with Crippen molar-refractivity contribution in [3.8, 4) is 0 Å². The van der Waals surface area contributed by atoms with E-state index < -0.39 is 5.97 Å². The lowest BCUT2D eigenvalue weighted by Gasteiger charge is -2.08. The van der Waals surface area contributed by atoms with E-state index in [2.05, 4.69) is 19.9 Å². The highest BCUT2D eigenvalue weighted by Gasteiger charge is 2.02. The van der Waals surface area contributed by atoms with Crippen LogP contribution < -0.4 is 0 Å². The van der Waals surface area contributed by atoms with Gasteiger partial charge in [0, 0.05) is 6.08 Å². The van der Waals surface area contributed by atoms with Gasteiger partial charge in [-0.15, -0.1) is 0 Å². The summed E-state index contributed by atoms with van der Waals surface area (Å²) in [5, 5.41) is 8.51. The zero-order chi connectivity index (χ0) is 11.3. The zero-order valence-electron chi connectivity index (χ0n) is 9.10. The first kappa shape index (κ1) is 11.5. The van der Waals surface area contributed by atoms with E-state index in [1.807, 2.05) is 18.2 Å². The van der Waals surface area contributed by atoms with Gasteiger partial charge in [-0.25, -0.2) is 4.79 Å². The van der Waals surface area contributed by atoms with Crippen molar-refractivity contribution in [2.75, 3.05) is 0 Å². The van der Waals surface area contributed by atoms with E-state index >= 15 is 0 Å². The fraction of sp³-hybridized carbons (Fsp3) is 0.308. The fourth-order valence-electron chi connectivity index (χ4n) is 1.37. The van der Waals surface area contributed by atoms with Gasteiger partial charge in [-0.3, -0.25) is 0 Å². The molecule has 0 bridgehead atoms. The van der Waals surface area contributed by atoms with Gasteiger partial charge >= 0.3 is 5.97 Å². The zero-order valence-corrected chi connectivity index (χ0v) is 9.10. The van der Waals surface area contributed by atoms with Crippen LogP contribution in [0.25, 0.3) is 6.08 Å². The highest BCUT2D eigenvalue weighted by Crippen LogP contribution is 2.19. The molecule has 0 amide bonds. The minimum atomic E-state index is -0.913. The van der Waals surface area contributed by atoms with E-state index in [4.69, 9.17) is 5.11 Å². The summed E-state index contributed by atoms with van der Waals surface area (Å²) >= 11 is 0. The summed E-state index contributed by atoms with van der Waals surface area (Å²) in [5.74, 6) is -0.396. The molecule has 1 rings (SSSR count). The van der Waals surface area contributed by atoms with Crippen LogP contribution in [0.15, 0.2) is 30.3 Å². The van der Waals surface area contributed by atoms with Gasteiger partial charge < -0.3 is 5.11 Å². The lowest BCUT2D eigenvalue weighted by atomic mass is 9.97. The highest BCUT2D eigenvalue weighted by molar-refractivity contribution is 5.85. The van der Waals surface area contributed by atoms with E-state index in [-0.39, 0.29) is 0 Å². The fourth-order valence-corrected chi connectivity index (χ4v) is 1.37. The number of hydrogen-bond donors (Lipinski definition) is 1. The number of carboxylic acid groups (broad SMARTS) is 1. The quantitative estimate of drug-likeness (QED) is 0.764. The second kappa shape index (κ2) is 5.35. The Balaban J connectivity index is 2.87. The normalized spacial score (nSPS) is 12.9. The van der Waals surface area contributed by atoms with Crippen LogP contribution in [-0.4, -0.2) is 11.1 Å². The van der Waals surface area contributed by atoms with Crippen LogP contribution in [0, 0.1) is 0 Å². The summed E-state index contributed by atoms with van der Waals surface area (Å²) in [4.78, 5) is 10.4. The molecule has 1 N–H and O–H groups in total. The predicted molar refractivity (Wildman–Crippen MR) is 61.8 cm³/mol. The maximum atomic E-state index is 10.4. The van der Waals surface area contributed by atoms with E-state index in [0.717, 1.165) is 18.1 Å². The molecule has 0 aliphatic heterocycles. The SMILES string of the molecule is CCC(C)c1cccc(C=CC(=O)O)c1. The van der Waals surface area contributed by atoms with E-state index in [0.29, 0.717) is 5.92 Å². The Hall–Kier alpha value is -1.57. The molecule has 1 unspecified atom stereocenters. The van der Waals surface area contributed by atoms with Gasteiger partial charge in [0.2, 0.25) is 0 Å². The molecule has 0 saturated carbocycles. The molecule has 15 heavy (non-hydrogen) atoms. The van der Waals surface area contributed by atoms with Crippen molar-refractivity contribution in [3.05, 3.63) is 41.5 Å². The molecule has 1 aromatic carbocycles. The number of hydrogen-bond acceptors (Lipinski definition) is 1. The van der Waals surface area contributed by atoms with E-state index in [9.17, 15) is 4.79 Å². The third kappa shape index (κ3) is 3.58. The average molecular weight is 204 g/mol. The topological polar surface area (TPSA) is 37.3 Å². The van der Waals surface area contributed by atoms with Crippen LogP contribution in [0.1, 0.15) is 37.3 Å². The lowest BCUT2D eigenvalue weighted by molar-refractivity contribution is -0.131. The Kier molecular flexibility index (Phi) is 4.10. The summed E-state index contributed by atoms with van der Waals surface area (Å²) in [6, 6.07) is 7.98. The highest BCUT2D eigenvalue weighted by atomic mass is 16.4. The largest absolute Gasteiger partial charge is 0.478 e. The molecule has 0 saturated heterocycles. The molecular formula is C13H16O2. The molecule has 0 radical (unpaired) electrons. The van der Waals surface area contributed by atoms with Crippen molar-refractivity contribution in [2.45, 2.75) is 26.2 Å². The average Bonchev–Trinajstić information content (AvgIpc) is 2.25. The van der Waals surface area contributed by atoms with Crippen LogP contribution in [0.5, 0.6) is 0 Å². The third-order valence-electron chi connectivity index (χ3n) is 2.51. The third-order valence-corrected chi connectivity index (χ3v) is 2.51. The Morgan fingerprint density at radius 2 is 2.27 bits per heavy atom. The maximum absolute atomic E-state index is 10.4. The summed E-state index contributed by atoms with van der Waals surface area (Å²) in [6.07, 6.45) is 3.87. The van der Waals surface area contributed by atoms with Crippen LogP contribution in [0.3, 0.4) is 0 Å². The molecule has 1 atom stereocenters. The van der Waals surface area contributed by atoms with E-state index in [1.165, 1.54) is 5.56 Å². The van der Waals surface area contributed by atoms with Gasteiger partial charge in [0.05, 0.1) is 0 Å². The molecule has 0 spiro atoms. The molecule has 0 aromatic heterocycles. The molecule has 2 nitrogen and oxygen atoms in total. The standard InChI is InChI=1S/C13H16O2/c1-3-10(2)12-6-4-5-11(9-12)7-8-13(14)15/h4-10H,3H2,1-2H3,(H,14,15). The summed E-state index contributed by atoms with van der Waals surface area (Å²) in [6.45, 7) is 4.31. The number of carbonyl (C=O) groups is 1. The van der Waals surface area contributed by atoms with Gasteiger partial charge in [-0.2, -0.15) is 0 Å². The van der Waals surface area contributed by atoms with Crippen molar-refractivity contribution in [1.29, 1.82) is 0 Å². The Bertz CT molecular complexity index is 367. The van der Waals surface area contributed by atoms with Gasteiger partial charge in [0.15, 0.2) is 0 Å². The van der Waals surface area contributed by atoms with Crippen molar-refractivity contribution in [2.24, 2.45) is 0 Å². The molecule has 1 aromatic rings.